The zero-order valence-corrected chi connectivity index (χ0v) is 7.11. The number of benzene rings is 1. The molecule has 0 spiro atoms. The Morgan fingerprint density at radius 3 is 2.92 bits per heavy atom. The summed E-state index contributed by atoms with van der Waals surface area (Å²) >= 11 is 0. The van der Waals surface area contributed by atoms with Gasteiger partial charge >= 0.3 is 0 Å². The van der Waals surface area contributed by atoms with Crippen molar-refractivity contribution in [2.24, 2.45) is 0 Å². The molecule has 0 radical (unpaired) electrons. The van der Waals surface area contributed by atoms with Crippen molar-refractivity contribution in [1.29, 1.82) is 0 Å². The molecule has 0 fully saturated rings. The molecule has 2 heteroatoms. The SMILES string of the molecule is Cl.[2H]C([2H])([2H])NC([2H])(C([2H])([2H])[2H])C([2H])([2H])c1ccccc1. The molecule has 0 bridgehead atoms. The third kappa shape index (κ3) is 3.74. The number of nitrogens with one attached hydrogen (secondary N) is 1. The maximum absolute atomic E-state index is 7.96. The molecule has 68 valence electrons. The molecule has 0 saturated heterocycles. The second kappa shape index (κ2) is 6.04. The highest BCUT2D eigenvalue weighted by Crippen LogP contribution is 2.01. The minimum Gasteiger partial charge on any atom is -0.317 e. The van der Waals surface area contributed by atoms with Gasteiger partial charge in [0.25, 0.3) is 0 Å². The summed E-state index contributed by atoms with van der Waals surface area (Å²) in [5, 5.41) is 1.64. The van der Waals surface area contributed by atoms with Crippen LogP contribution in [0.15, 0.2) is 30.3 Å². The summed E-state index contributed by atoms with van der Waals surface area (Å²) in [7, 11) is 0. The number of rotatable bonds is 3. The van der Waals surface area contributed by atoms with Crippen molar-refractivity contribution >= 4 is 12.4 Å². The molecule has 1 aromatic rings. The molecule has 1 N–H and O–H groups in total. The maximum atomic E-state index is 7.96. The summed E-state index contributed by atoms with van der Waals surface area (Å²) in [5.74, 6) is 0. The Bertz CT molecular complexity index is 456. The summed E-state index contributed by atoms with van der Waals surface area (Å²) < 4.78 is 67.3. The van der Waals surface area contributed by atoms with E-state index in [2.05, 4.69) is 0 Å². The Balaban J connectivity index is 0.00000400. The second-order valence-electron chi connectivity index (χ2n) is 1.99. The number of halogens is 1. The van der Waals surface area contributed by atoms with Gasteiger partial charge in [0.05, 0.1) is 0 Å². The van der Waals surface area contributed by atoms with Crippen LogP contribution in [0, 0.1) is 0 Å². The zero-order valence-electron chi connectivity index (χ0n) is 15.3. The summed E-state index contributed by atoms with van der Waals surface area (Å²) in [6.45, 7) is -6.14. The van der Waals surface area contributed by atoms with Gasteiger partial charge in [0.2, 0.25) is 0 Å². The predicted molar refractivity (Wildman–Crippen MR) is 55.9 cm³/mol. The molecule has 0 amide bonds. The quantitative estimate of drug-likeness (QED) is 0.779. The van der Waals surface area contributed by atoms with Gasteiger partial charge in [-0.3, -0.25) is 0 Å². The van der Waals surface area contributed by atoms with Gasteiger partial charge in [0.15, 0.2) is 0 Å². The zero-order chi connectivity index (χ0) is 15.8. The van der Waals surface area contributed by atoms with E-state index in [1.54, 1.807) is 11.4 Å². The Morgan fingerprint density at radius 1 is 1.58 bits per heavy atom. The van der Waals surface area contributed by atoms with E-state index in [1.807, 2.05) is 0 Å². The van der Waals surface area contributed by atoms with Gasteiger partial charge in [-0.2, -0.15) is 0 Å². The van der Waals surface area contributed by atoms with Crippen molar-refractivity contribution in [3.63, 3.8) is 0 Å². The van der Waals surface area contributed by atoms with Crippen molar-refractivity contribution < 1.29 is 12.3 Å². The van der Waals surface area contributed by atoms with Gasteiger partial charge in [-0.25, -0.2) is 0 Å². The van der Waals surface area contributed by atoms with Gasteiger partial charge in [-0.15, -0.1) is 12.4 Å². The molecule has 0 aromatic heterocycles. The van der Waals surface area contributed by atoms with E-state index in [0.717, 1.165) is 0 Å². The van der Waals surface area contributed by atoms with Crippen molar-refractivity contribution in [2.75, 3.05) is 6.98 Å². The minimum absolute atomic E-state index is 0. The topological polar surface area (TPSA) is 12.0 Å². The second-order valence-corrected chi connectivity index (χ2v) is 1.99. The van der Waals surface area contributed by atoms with E-state index in [-0.39, 0.29) is 18.0 Å². The van der Waals surface area contributed by atoms with Crippen molar-refractivity contribution in [2.45, 2.75) is 19.2 Å². The van der Waals surface area contributed by atoms with Crippen LogP contribution in [-0.2, 0) is 6.37 Å². The fourth-order valence-corrected chi connectivity index (χ4v) is 0.697. The minimum atomic E-state index is -3.18. The van der Waals surface area contributed by atoms with Gasteiger partial charge in [0.1, 0.15) is 0 Å². The average Bonchev–Trinajstić information content (AvgIpc) is 2.26. The van der Waals surface area contributed by atoms with Gasteiger partial charge in [-0.1, -0.05) is 30.3 Å². The summed E-state index contributed by atoms with van der Waals surface area (Å²) in [6.07, 6.45) is -2.73. The van der Waals surface area contributed by atoms with Crippen molar-refractivity contribution in [3.8, 4) is 0 Å². The fourth-order valence-electron chi connectivity index (χ4n) is 0.697. The standard InChI is InChI=1S/C10H15N.ClH/c1-9(11-2)8-10-6-4-3-5-7-10;/h3-7,9,11H,8H2,1-2H3;1H/i1D3,2D3,8D2,9D;. The Kier molecular flexibility index (Phi) is 1.67. The molecule has 1 aromatic carbocycles. The van der Waals surface area contributed by atoms with Gasteiger partial charge < -0.3 is 5.32 Å². The summed E-state index contributed by atoms with van der Waals surface area (Å²) in [5.41, 5.74) is -0.0807. The molecule has 1 atom stereocenters. The van der Waals surface area contributed by atoms with Gasteiger partial charge in [0, 0.05) is 18.4 Å². The highest BCUT2D eigenvalue weighted by Gasteiger charge is 1.97. The Hall–Kier alpha value is -0.530. The van der Waals surface area contributed by atoms with Gasteiger partial charge in [-0.05, 0) is 25.8 Å². The first-order chi connectivity index (χ1) is 8.81. The van der Waals surface area contributed by atoms with E-state index in [1.165, 1.54) is 24.3 Å². The molecule has 0 aliphatic rings. The molecule has 1 unspecified atom stereocenters. The first-order valence-electron chi connectivity index (χ1n) is 7.66. The smallest absolute Gasteiger partial charge is 0.0465 e. The lowest BCUT2D eigenvalue weighted by Gasteiger charge is -2.08. The largest absolute Gasteiger partial charge is 0.317 e. The lowest BCUT2D eigenvalue weighted by molar-refractivity contribution is 0.608. The third-order valence-corrected chi connectivity index (χ3v) is 1.17. The summed E-state index contributed by atoms with van der Waals surface area (Å²) in [4.78, 5) is 0. The third-order valence-electron chi connectivity index (χ3n) is 1.17. The molecule has 0 aliphatic heterocycles. The van der Waals surface area contributed by atoms with Crippen LogP contribution in [0.25, 0.3) is 0 Å². The molecule has 1 nitrogen and oxygen atoms in total. The van der Waals surface area contributed by atoms with E-state index in [0.29, 0.717) is 0 Å². The molecule has 1 rings (SSSR count). The van der Waals surface area contributed by atoms with Crippen LogP contribution in [-0.4, -0.2) is 13.0 Å². The lowest BCUT2D eigenvalue weighted by atomic mass is 10.1. The van der Waals surface area contributed by atoms with Crippen molar-refractivity contribution in [1.82, 2.24) is 5.32 Å². The first kappa shape index (κ1) is 3.32. The fraction of sp³-hybridized carbons (Fsp3) is 0.400. The van der Waals surface area contributed by atoms with Crippen LogP contribution >= 0.6 is 12.4 Å². The maximum Gasteiger partial charge on any atom is 0.0465 e. The van der Waals surface area contributed by atoms with Crippen LogP contribution < -0.4 is 5.32 Å². The Labute approximate surface area is 93.2 Å². The Morgan fingerprint density at radius 2 is 2.33 bits per heavy atom. The van der Waals surface area contributed by atoms with Crippen LogP contribution in [0.3, 0.4) is 0 Å². The molecule has 0 saturated carbocycles. The van der Waals surface area contributed by atoms with E-state index in [4.69, 9.17) is 12.3 Å². The lowest BCUT2D eigenvalue weighted by Crippen LogP contribution is -2.23. The highest BCUT2D eigenvalue weighted by atomic mass is 35.5. The number of hydrogen-bond donors (Lipinski definition) is 1. The van der Waals surface area contributed by atoms with Crippen molar-refractivity contribution in [3.05, 3.63) is 35.9 Å². The van der Waals surface area contributed by atoms with E-state index < -0.39 is 26.2 Å². The molecule has 12 heavy (non-hydrogen) atoms. The average molecular weight is 195 g/mol. The van der Waals surface area contributed by atoms with Crippen LogP contribution in [0.4, 0.5) is 0 Å². The van der Waals surface area contributed by atoms with Crippen LogP contribution in [0.1, 0.15) is 24.8 Å². The molecule has 0 aliphatic carbocycles. The van der Waals surface area contributed by atoms with E-state index in [9.17, 15) is 0 Å². The predicted octanol–water partition coefficient (Wildman–Crippen LogP) is 2.26. The first-order valence-corrected chi connectivity index (χ1v) is 3.16. The number of likely N-dealkylation sites (N-methyl/N-ethyl adjacent to an activating group) is 1. The number of hydrogen-bond acceptors (Lipinski definition) is 1. The van der Waals surface area contributed by atoms with Crippen LogP contribution in [0.5, 0.6) is 0 Å². The molecular weight excluding hydrogens is 170 g/mol. The summed E-state index contributed by atoms with van der Waals surface area (Å²) in [6, 6.07) is 4.21. The normalized spacial score (nSPS) is 28.8. The van der Waals surface area contributed by atoms with E-state index >= 15 is 0 Å². The highest BCUT2D eigenvalue weighted by molar-refractivity contribution is 5.85. The monoisotopic (exact) mass is 194 g/mol. The molecule has 0 heterocycles. The molecular formula is C10H16ClN. The van der Waals surface area contributed by atoms with Crippen LogP contribution in [0.2, 0.25) is 0 Å².